The molecular formula is C12H13BrN2O. The third-order valence-electron chi connectivity index (χ3n) is 2.82. The highest BCUT2D eigenvalue weighted by atomic mass is 79.9. The summed E-state index contributed by atoms with van der Waals surface area (Å²) in [6, 6.07) is 7.74. The van der Waals surface area contributed by atoms with Crippen LogP contribution < -0.4 is 0 Å². The van der Waals surface area contributed by atoms with Gasteiger partial charge >= 0.3 is 0 Å². The van der Waals surface area contributed by atoms with E-state index in [-0.39, 0.29) is 6.10 Å². The summed E-state index contributed by atoms with van der Waals surface area (Å²) in [7, 11) is 0. The van der Waals surface area contributed by atoms with Gasteiger partial charge in [0, 0.05) is 24.1 Å². The Kier molecular flexibility index (Phi) is 3.59. The molecule has 1 fully saturated rings. The first-order chi connectivity index (χ1) is 7.69. The van der Waals surface area contributed by atoms with Crippen LogP contribution in [0.15, 0.2) is 22.7 Å². The third-order valence-corrected chi connectivity index (χ3v) is 3.56. The molecule has 0 bridgehead atoms. The minimum absolute atomic E-state index is 0.183. The van der Waals surface area contributed by atoms with Crippen LogP contribution in [-0.4, -0.2) is 29.2 Å². The first-order valence-corrected chi connectivity index (χ1v) is 6.07. The molecule has 16 heavy (non-hydrogen) atoms. The van der Waals surface area contributed by atoms with Crippen molar-refractivity contribution in [3.63, 3.8) is 0 Å². The lowest BCUT2D eigenvalue weighted by atomic mass is 10.1. The van der Waals surface area contributed by atoms with Crippen molar-refractivity contribution in [2.24, 2.45) is 0 Å². The lowest BCUT2D eigenvalue weighted by Gasteiger charge is -2.15. The van der Waals surface area contributed by atoms with Crippen molar-refractivity contribution in [3.05, 3.63) is 33.8 Å². The largest absolute Gasteiger partial charge is 0.392 e. The van der Waals surface area contributed by atoms with Crippen molar-refractivity contribution in [2.45, 2.75) is 19.1 Å². The minimum Gasteiger partial charge on any atom is -0.392 e. The van der Waals surface area contributed by atoms with Crippen LogP contribution in [0.2, 0.25) is 0 Å². The molecule has 1 aliphatic heterocycles. The van der Waals surface area contributed by atoms with Gasteiger partial charge in [-0.3, -0.25) is 4.90 Å². The zero-order valence-corrected chi connectivity index (χ0v) is 10.4. The number of halogens is 1. The predicted molar refractivity (Wildman–Crippen MR) is 64.8 cm³/mol. The van der Waals surface area contributed by atoms with Gasteiger partial charge in [-0.15, -0.1) is 0 Å². The fourth-order valence-corrected chi connectivity index (χ4v) is 2.45. The highest BCUT2D eigenvalue weighted by Gasteiger charge is 2.20. The van der Waals surface area contributed by atoms with Crippen LogP contribution in [0.3, 0.4) is 0 Å². The van der Waals surface area contributed by atoms with Crippen molar-refractivity contribution in [1.82, 2.24) is 4.90 Å². The van der Waals surface area contributed by atoms with Gasteiger partial charge < -0.3 is 5.11 Å². The summed E-state index contributed by atoms with van der Waals surface area (Å²) < 4.78 is 0.966. The van der Waals surface area contributed by atoms with E-state index in [4.69, 9.17) is 5.26 Å². The van der Waals surface area contributed by atoms with Crippen LogP contribution in [-0.2, 0) is 6.54 Å². The number of β-amino-alcohol motifs (C(OH)–C–C–N with tert-alkyl or cyclic N) is 1. The molecule has 0 amide bonds. The van der Waals surface area contributed by atoms with Gasteiger partial charge in [-0.05, 0) is 24.1 Å². The summed E-state index contributed by atoms with van der Waals surface area (Å²) in [5.74, 6) is 0. The van der Waals surface area contributed by atoms with Crippen molar-refractivity contribution in [1.29, 1.82) is 5.26 Å². The molecule has 0 unspecified atom stereocenters. The summed E-state index contributed by atoms with van der Waals surface area (Å²) in [6.45, 7) is 2.50. The van der Waals surface area contributed by atoms with Crippen LogP contribution >= 0.6 is 15.9 Å². The van der Waals surface area contributed by atoms with Crippen LogP contribution in [0.1, 0.15) is 17.5 Å². The smallest absolute Gasteiger partial charge is 0.0992 e. The summed E-state index contributed by atoms with van der Waals surface area (Å²) >= 11 is 3.47. The quantitative estimate of drug-likeness (QED) is 0.900. The molecule has 3 nitrogen and oxygen atoms in total. The van der Waals surface area contributed by atoms with Crippen LogP contribution in [0.4, 0.5) is 0 Å². The Morgan fingerprint density at radius 2 is 2.38 bits per heavy atom. The maximum Gasteiger partial charge on any atom is 0.0992 e. The van der Waals surface area contributed by atoms with Crippen LogP contribution in [0, 0.1) is 11.3 Å². The van der Waals surface area contributed by atoms with Gasteiger partial charge in [0.05, 0.1) is 17.7 Å². The van der Waals surface area contributed by atoms with Gasteiger partial charge in [-0.1, -0.05) is 22.0 Å². The minimum atomic E-state index is -0.183. The lowest BCUT2D eigenvalue weighted by Crippen LogP contribution is -2.21. The average Bonchev–Trinajstić information content (AvgIpc) is 2.67. The number of nitrogens with zero attached hydrogens (tertiary/aromatic N) is 2. The predicted octanol–water partition coefficient (Wildman–Crippen LogP) is 1.89. The molecule has 4 heteroatoms. The lowest BCUT2D eigenvalue weighted by molar-refractivity contribution is 0.174. The number of rotatable bonds is 2. The molecule has 0 aliphatic carbocycles. The number of nitriles is 1. The van der Waals surface area contributed by atoms with E-state index in [9.17, 15) is 5.11 Å². The third kappa shape index (κ3) is 2.62. The molecule has 2 rings (SSSR count). The summed E-state index contributed by atoms with van der Waals surface area (Å²) in [4.78, 5) is 2.22. The van der Waals surface area contributed by atoms with E-state index < -0.39 is 0 Å². The molecule has 0 aromatic heterocycles. The van der Waals surface area contributed by atoms with Crippen LogP contribution in [0.5, 0.6) is 0 Å². The molecule has 1 aromatic carbocycles. The molecular weight excluding hydrogens is 268 g/mol. The maximum absolute atomic E-state index is 9.43. The fourth-order valence-electron chi connectivity index (χ4n) is 1.94. The molecule has 1 aliphatic rings. The van der Waals surface area contributed by atoms with E-state index in [0.29, 0.717) is 5.56 Å². The molecule has 1 atom stereocenters. The van der Waals surface area contributed by atoms with Crippen molar-refractivity contribution in [3.8, 4) is 6.07 Å². The topological polar surface area (TPSA) is 47.3 Å². The number of hydrogen-bond acceptors (Lipinski definition) is 3. The summed E-state index contributed by atoms with van der Waals surface area (Å²) in [5.41, 5.74) is 1.82. The second-order valence-electron chi connectivity index (χ2n) is 4.10. The van der Waals surface area contributed by atoms with Gasteiger partial charge in [-0.2, -0.15) is 5.26 Å². The Morgan fingerprint density at radius 3 is 2.94 bits per heavy atom. The van der Waals surface area contributed by atoms with E-state index in [1.165, 1.54) is 0 Å². The van der Waals surface area contributed by atoms with Crippen molar-refractivity contribution >= 4 is 15.9 Å². The highest BCUT2D eigenvalue weighted by Crippen LogP contribution is 2.21. The number of benzene rings is 1. The Hall–Kier alpha value is -0.890. The highest BCUT2D eigenvalue weighted by molar-refractivity contribution is 9.10. The van der Waals surface area contributed by atoms with Gasteiger partial charge in [0.25, 0.3) is 0 Å². The maximum atomic E-state index is 9.43. The van der Waals surface area contributed by atoms with Crippen molar-refractivity contribution in [2.75, 3.05) is 13.1 Å². The zero-order valence-electron chi connectivity index (χ0n) is 8.86. The van der Waals surface area contributed by atoms with E-state index in [1.54, 1.807) is 0 Å². The number of aliphatic hydroxyl groups is 1. The van der Waals surface area contributed by atoms with Gasteiger partial charge in [0.2, 0.25) is 0 Å². The molecule has 0 saturated carbocycles. The summed E-state index contributed by atoms with van der Waals surface area (Å²) in [6.07, 6.45) is 0.672. The number of likely N-dealkylation sites (tertiary alicyclic amines) is 1. The normalized spacial score (nSPS) is 20.9. The standard InChI is InChI=1S/C12H13BrN2O/c13-12-5-9(6-14)1-2-10(12)7-15-4-3-11(16)8-15/h1-2,5,11,16H,3-4,7-8H2/t11-/m0/s1. The average molecular weight is 281 g/mol. The van der Waals surface area contributed by atoms with E-state index in [0.717, 1.165) is 36.1 Å². The van der Waals surface area contributed by atoms with Gasteiger partial charge in [0.1, 0.15) is 0 Å². The fraction of sp³-hybridized carbons (Fsp3) is 0.417. The monoisotopic (exact) mass is 280 g/mol. The molecule has 84 valence electrons. The summed E-state index contributed by atoms with van der Waals surface area (Å²) in [5, 5.41) is 18.2. The van der Waals surface area contributed by atoms with Crippen molar-refractivity contribution < 1.29 is 5.11 Å². The molecule has 1 saturated heterocycles. The van der Waals surface area contributed by atoms with E-state index >= 15 is 0 Å². The number of hydrogen-bond donors (Lipinski definition) is 1. The van der Waals surface area contributed by atoms with E-state index in [1.807, 2.05) is 18.2 Å². The Morgan fingerprint density at radius 1 is 1.56 bits per heavy atom. The molecule has 1 heterocycles. The number of aliphatic hydroxyl groups excluding tert-OH is 1. The molecule has 1 N–H and O–H groups in total. The second kappa shape index (κ2) is 4.96. The Labute approximate surface area is 103 Å². The molecule has 0 radical (unpaired) electrons. The zero-order chi connectivity index (χ0) is 11.5. The van der Waals surface area contributed by atoms with Gasteiger partial charge in [-0.25, -0.2) is 0 Å². The van der Waals surface area contributed by atoms with Crippen LogP contribution in [0.25, 0.3) is 0 Å². The Bertz CT molecular complexity index is 428. The molecule has 0 spiro atoms. The molecule has 1 aromatic rings. The Balaban J connectivity index is 2.08. The SMILES string of the molecule is N#Cc1ccc(CN2CC[C@H](O)C2)c(Br)c1. The first kappa shape index (κ1) is 11.6. The van der Waals surface area contributed by atoms with Gasteiger partial charge in [0.15, 0.2) is 0 Å². The second-order valence-corrected chi connectivity index (χ2v) is 4.95. The first-order valence-electron chi connectivity index (χ1n) is 5.28. The van der Waals surface area contributed by atoms with E-state index in [2.05, 4.69) is 26.9 Å².